The fourth-order valence-electron chi connectivity index (χ4n) is 4.27. The molecule has 0 amide bonds. The average Bonchev–Trinajstić information content (AvgIpc) is 2.88. The summed E-state index contributed by atoms with van der Waals surface area (Å²) >= 11 is 0. The molecule has 8 heteroatoms. The highest BCUT2D eigenvalue weighted by molar-refractivity contribution is 7.89. The van der Waals surface area contributed by atoms with Crippen molar-refractivity contribution < 1.29 is 22.4 Å². The molecule has 0 aliphatic carbocycles. The van der Waals surface area contributed by atoms with Gasteiger partial charge in [0.25, 0.3) is 0 Å². The molecular weight excluding hydrogens is 502 g/mol. The average molecular weight is 534 g/mol. The third kappa shape index (κ3) is 5.71. The predicted molar refractivity (Wildman–Crippen MR) is 147 cm³/mol. The van der Waals surface area contributed by atoms with Crippen LogP contribution in [0.25, 0.3) is 11.0 Å². The highest BCUT2D eigenvalue weighted by atomic mass is 32.2. The van der Waals surface area contributed by atoms with Crippen LogP contribution in [0.2, 0.25) is 0 Å². The van der Waals surface area contributed by atoms with E-state index in [1.807, 2.05) is 44.2 Å². The monoisotopic (exact) mass is 533 g/mol. The highest BCUT2D eigenvalue weighted by Gasteiger charge is 2.30. The second-order valence-electron chi connectivity index (χ2n) is 9.80. The van der Waals surface area contributed by atoms with Crippen LogP contribution in [-0.4, -0.2) is 20.4 Å². The number of esters is 1. The zero-order chi connectivity index (χ0) is 27.6. The Kier molecular flexibility index (Phi) is 7.85. The Morgan fingerprint density at radius 1 is 0.921 bits per heavy atom. The normalized spacial score (nSPS) is 12.6. The van der Waals surface area contributed by atoms with Gasteiger partial charge in [-0.15, -0.1) is 0 Å². The van der Waals surface area contributed by atoms with E-state index in [-0.39, 0.29) is 16.6 Å². The first-order valence-corrected chi connectivity index (χ1v) is 13.9. The van der Waals surface area contributed by atoms with Crippen LogP contribution in [0.5, 0.6) is 5.75 Å². The van der Waals surface area contributed by atoms with E-state index in [2.05, 4.69) is 4.72 Å². The number of carbonyl (C=O) groups excluding carboxylic acids is 1. The number of sulfonamides is 1. The van der Waals surface area contributed by atoms with Crippen LogP contribution in [0.15, 0.2) is 80.8 Å². The number of aryl methyl sites for hydroxylation is 3. The van der Waals surface area contributed by atoms with E-state index in [4.69, 9.17) is 9.15 Å². The minimum Gasteiger partial charge on any atom is -0.425 e. The molecule has 7 nitrogen and oxygen atoms in total. The summed E-state index contributed by atoms with van der Waals surface area (Å²) in [4.78, 5) is 26.1. The molecule has 0 fully saturated rings. The largest absolute Gasteiger partial charge is 0.425 e. The first-order chi connectivity index (χ1) is 18.0. The maximum Gasteiger partial charge on any atom is 0.340 e. The van der Waals surface area contributed by atoms with Gasteiger partial charge in [-0.05, 0) is 62.1 Å². The lowest BCUT2D eigenvalue weighted by Crippen LogP contribution is -2.46. The lowest BCUT2D eigenvalue weighted by molar-refractivity contribution is -0.137. The molecule has 1 aromatic heterocycles. The lowest BCUT2D eigenvalue weighted by atomic mass is 9.98. The number of fused-ring (bicyclic) bond motifs is 1. The van der Waals surface area contributed by atoms with Crippen LogP contribution >= 0.6 is 0 Å². The molecule has 0 aliphatic rings. The van der Waals surface area contributed by atoms with Gasteiger partial charge in [-0.1, -0.05) is 61.9 Å². The zero-order valence-corrected chi connectivity index (χ0v) is 22.9. The Labute approximate surface area is 222 Å². The fourth-order valence-corrected chi connectivity index (χ4v) is 5.60. The van der Waals surface area contributed by atoms with E-state index < -0.39 is 27.7 Å². The number of rotatable bonds is 8. The topological polar surface area (TPSA) is 103 Å². The molecule has 1 atom stereocenters. The molecule has 38 heavy (non-hydrogen) atoms. The van der Waals surface area contributed by atoms with Gasteiger partial charge >= 0.3 is 11.6 Å². The summed E-state index contributed by atoms with van der Waals surface area (Å²) in [6, 6.07) is 18.3. The van der Waals surface area contributed by atoms with E-state index in [1.54, 1.807) is 45.0 Å². The maximum absolute atomic E-state index is 13.2. The maximum atomic E-state index is 13.2. The second-order valence-corrected chi connectivity index (χ2v) is 11.5. The Hall–Kier alpha value is -3.75. The number of hydrogen-bond acceptors (Lipinski definition) is 6. The number of ether oxygens (including phenoxy) is 1. The summed E-state index contributed by atoms with van der Waals surface area (Å²) in [5.74, 6) is -0.942. The van der Waals surface area contributed by atoms with Crippen LogP contribution in [0.1, 0.15) is 41.7 Å². The van der Waals surface area contributed by atoms with Gasteiger partial charge in [0.05, 0.1) is 4.90 Å². The van der Waals surface area contributed by atoms with Gasteiger partial charge in [0.1, 0.15) is 17.4 Å². The van der Waals surface area contributed by atoms with E-state index in [1.165, 1.54) is 12.1 Å². The van der Waals surface area contributed by atoms with Gasteiger partial charge in [0.15, 0.2) is 0 Å². The summed E-state index contributed by atoms with van der Waals surface area (Å²) in [5, 5.41) is 0.744. The fraction of sp³-hybridized carbons (Fsp3) is 0.267. The number of nitrogens with one attached hydrogen (secondary N) is 1. The molecule has 1 heterocycles. The highest BCUT2D eigenvalue weighted by Crippen LogP contribution is 2.30. The van der Waals surface area contributed by atoms with Crippen molar-refractivity contribution in [3.63, 3.8) is 0 Å². The van der Waals surface area contributed by atoms with Crippen molar-refractivity contribution in [2.75, 3.05) is 0 Å². The van der Waals surface area contributed by atoms with Crippen molar-refractivity contribution in [3.8, 4) is 5.75 Å². The smallest absolute Gasteiger partial charge is 0.340 e. The molecule has 4 rings (SSSR count). The Bertz CT molecular complexity index is 1640. The van der Waals surface area contributed by atoms with Crippen LogP contribution in [0, 0.1) is 26.7 Å². The lowest BCUT2D eigenvalue weighted by Gasteiger charge is -2.21. The molecule has 0 spiro atoms. The molecule has 0 aliphatic heterocycles. The standard InChI is InChI=1S/C30H31NO6S/c1-18(2)27(31-38(34,35)23-13-11-19(3)12-14-23)30(33)36-26-16-15-24-20(4)25(17-22-9-7-6-8-10-22)29(32)37-28(24)21(26)5/h6-16,18,27,31H,17H2,1-5H3/t27-/m1/s1. The SMILES string of the molecule is Cc1ccc(S(=O)(=O)N[C@@H](C(=O)Oc2ccc3c(C)c(Cc4ccccc4)c(=O)oc3c2C)C(C)C)cc1. The molecule has 0 bridgehead atoms. The minimum absolute atomic E-state index is 0.0620. The minimum atomic E-state index is -3.96. The second kappa shape index (κ2) is 10.9. The van der Waals surface area contributed by atoms with Gasteiger partial charge in [-0.25, -0.2) is 18.0 Å². The van der Waals surface area contributed by atoms with Crippen LogP contribution in [0.4, 0.5) is 0 Å². The van der Waals surface area contributed by atoms with E-state index >= 15 is 0 Å². The van der Waals surface area contributed by atoms with E-state index in [9.17, 15) is 18.0 Å². The molecule has 3 aromatic carbocycles. The van der Waals surface area contributed by atoms with E-state index in [0.29, 0.717) is 23.1 Å². The molecule has 0 saturated heterocycles. The Balaban J connectivity index is 1.62. The van der Waals surface area contributed by atoms with Crippen LogP contribution in [-0.2, 0) is 21.2 Å². The van der Waals surface area contributed by atoms with Crippen molar-refractivity contribution >= 4 is 27.0 Å². The quantitative estimate of drug-likeness (QED) is 0.189. The van der Waals surface area contributed by atoms with Gasteiger partial charge in [-0.2, -0.15) is 4.72 Å². The van der Waals surface area contributed by atoms with Crippen molar-refractivity contribution in [1.29, 1.82) is 0 Å². The summed E-state index contributed by atoms with van der Waals surface area (Å²) in [6.45, 7) is 8.89. The summed E-state index contributed by atoms with van der Waals surface area (Å²) < 4.78 is 39.7. The zero-order valence-electron chi connectivity index (χ0n) is 22.1. The van der Waals surface area contributed by atoms with Crippen LogP contribution in [0.3, 0.4) is 0 Å². The van der Waals surface area contributed by atoms with Gasteiger partial charge in [0.2, 0.25) is 10.0 Å². The first kappa shape index (κ1) is 27.3. The molecule has 1 N–H and O–H groups in total. The molecule has 0 radical (unpaired) electrons. The first-order valence-electron chi connectivity index (χ1n) is 12.4. The number of carbonyl (C=O) groups is 1. The summed E-state index contributed by atoms with van der Waals surface area (Å²) in [5.41, 5.74) is 3.64. The Morgan fingerprint density at radius 2 is 1.58 bits per heavy atom. The van der Waals surface area contributed by atoms with Crippen molar-refractivity contribution in [2.45, 2.75) is 52.0 Å². The molecule has 0 saturated carbocycles. The molecular formula is C30H31NO6S. The van der Waals surface area contributed by atoms with Gasteiger partial charge in [-0.3, -0.25) is 0 Å². The third-order valence-electron chi connectivity index (χ3n) is 6.62. The number of hydrogen-bond donors (Lipinski definition) is 1. The number of benzene rings is 3. The summed E-state index contributed by atoms with van der Waals surface area (Å²) in [6.07, 6.45) is 0.442. The third-order valence-corrected chi connectivity index (χ3v) is 8.08. The van der Waals surface area contributed by atoms with Crippen molar-refractivity contribution in [3.05, 3.63) is 105 Å². The van der Waals surface area contributed by atoms with Gasteiger partial charge in [0, 0.05) is 22.9 Å². The molecule has 4 aromatic rings. The molecule has 198 valence electrons. The van der Waals surface area contributed by atoms with Gasteiger partial charge < -0.3 is 9.15 Å². The molecule has 0 unspecified atom stereocenters. The predicted octanol–water partition coefficient (Wildman–Crippen LogP) is 5.22. The van der Waals surface area contributed by atoms with Crippen molar-refractivity contribution in [1.82, 2.24) is 4.72 Å². The Morgan fingerprint density at radius 3 is 2.21 bits per heavy atom. The van der Waals surface area contributed by atoms with E-state index in [0.717, 1.165) is 22.1 Å². The van der Waals surface area contributed by atoms with Crippen molar-refractivity contribution in [2.24, 2.45) is 5.92 Å². The summed E-state index contributed by atoms with van der Waals surface area (Å²) in [7, 11) is -3.96. The van der Waals surface area contributed by atoms with Crippen LogP contribution < -0.4 is 15.1 Å².